The van der Waals surface area contributed by atoms with Crippen molar-refractivity contribution in [3.05, 3.63) is 77.9 Å². The maximum Gasteiger partial charge on any atom is 0.263 e. The van der Waals surface area contributed by atoms with Crippen molar-refractivity contribution in [1.29, 1.82) is 0 Å². The van der Waals surface area contributed by atoms with E-state index in [0.29, 0.717) is 12.4 Å². The summed E-state index contributed by atoms with van der Waals surface area (Å²) in [5.41, 5.74) is 2.04. The van der Waals surface area contributed by atoms with Crippen LogP contribution >= 0.6 is 0 Å². The highest BCUT2D eigenvalue weighted by molar-refractivity contribution is 7.92. The predicted molar refractivity (Wildman–Crippen MR) is 112 cm³/mol. The summed E-state index contributed by atoms with van der Waals surface area (Å²) in [6.07, 6.45) is 0. The minimum absolute atomic E-state index is 0.189. The van der Waals surface area contributed by atoms with Crippen LogP contribution in [0.25, 0.3) is 0 Å². The van der Waals surface area contributed by atoms with Crippen LogP contribution in [0.5, 0.6) is 0 Å². The Morgan fingerprint density at radius 3 is 2.32 bits per heavy atom. The highest BCUT2D eigenvalue weighted by atomic mass is 32.2. The molecule has 3 rings (SSSR count). The maximum atomic E-state index is 12.5. The van der Waals surface area contributed by atoms with Gasteiger partial charge in [-0.05, 0) is 56.2 Å². The molecule has 0 aliphatic heterocycles. The van der Waals surface area contributed by atoms with E-state index in [0.717, 1.165) is 5.56 Å². The number of sulfonamides is 1. The van der Waals surface area contributed by atoms with E-state index in [1.165, 1.54) is 5.56 Å². The Hall–Kier alpha value is -2.93. The van der Waals surface area contributed by atoms with E-state index in [1.807, 2.05) is 31.2 Å². The molecule has 1 heterocycles. The lowest BCUT2D eigenvalue weighted by atomic mass is 10.2. The van der Waals surface area contributed by atoms with Crippen molar-refractivity contribution in [3.63, 3.8) is 0 Å². The smallest absolute Gasteiger partial charge is 0.263 e. The summed E-state index contributed by atoms with van der Waals surface area (Å²) in [5.74, 6) is 0.881. The molecule has 0 fully saturated rings. The van der Waals surface area contributed by atoms with Gasteiger partial charge in [0.15, 0.2) is 11.6 Å². The van der Waals surface area contributed by atoms with Crippen molar-refractivity contribution in [1.82, 2.24) is 10.2 Å². The zero-order valence-electron chi connectivity index (χ0n) is 16.2. The van der Waals surface area contributed by atoms with Crippen molar-refractivity contribution in [3.8, 4) is 0 Å². The molecule has 6 nitrogen and oxygen atoms in total. The Morgan fingerprint density at radius 1 is 0.964 bits per heavy atom. The Labute approximate surface area is 166 Å². The number of nitrogens with one attached hydrogen (secondary N) is 1. The molecule has 2 aromatic carbocycles. The third kappa shape index (κ3) is 4.86. The summed E-state index contributed by atoms with van der Waals surface area (Å²) in [6, 6.07) is 20.5. The molecule has 0 aliphatic carbocycles. The summed E-state index contributed by atoms with van der Waals surface area (Å²) < 4.78 is 27.6. The first-order valence-corrected chi connectivity index (χ1v) is 10.6. The summed E-state index contributed by atoms with van der Waals surface area (Å²) >= 11 is 0. The molecule has 3 aromatic rings. The summed E-state index contributed by atoms with van der Waals surface area (Å²) in [6.45, 7) is 6.71. The molecule has 0 unspecified atom stereocenters. The Balaban J connectivity index is 1.78. The minimum Gasteiger partial charge on any atom is -0.348 e. The predicted octanol–water partition coefficient (Wildman–Crippen LogP) is 4.00. The third-order valence-corrected chi connectivity index (χ3v) is 5.65. The van der Waals surface area contributed by atoms with Crippen molar-refractivity contribution in [2.75, 3.05) is 9.62 Å². The quantitative estimate of drug-likeness (QED) is 0.653. The topological polar surface area (TPSA) is 75.2 Å². The van der Waals surface area contributed by atoms with Gasteiger partial charge >= 0.3 is 0 Å². The standard InChI is InChI=1S/C21H24N4O2S/c1-16(2)25(15-18-9-5-4-6-10-18)21-13-12-20(22-23-21)24-28(26,27)19-11-7-8-17(3)14-19/h4-14,16H,15H2,1-3H3,(H,22,24). The van der Waals surface area contributed by atoms with Gasteiger partial charge in [-0.15, -0.1) is 10.2 Å². The average Bonchev–Trinajstić information content (AvgIpc) is 2.67. The number of aryl methyl sites for hydroxylation is 1. The molecule has 1 N–H and O–H groups in total. The van der Waals surface area contributed by atoms with Crippen LogP contribution in [0.4, 0.5) is 11.6 Å². The van der Waals surface area contributed by atoms with Crippen molar-refractivity contribution < 1.29 is 8.42 Å². The van der Waals surface area contributed by atoms with Crippen LogP contribution in [0.3, 0.4) is 0 Å². The zero-order chi connectivity index (χ0) is 20.1. The van der Waals surface area contributed by atoms with Gasteiger partial charge in [0.2, 0.25) is 0 Å². The molecule has 1 aromatic heterocycles. The first-order valence-electron chi connectivity index (χ1n) is 9.09. The average molecular weight is 397 g/mol. The molecule has 0 bridgehead atoms. The maximum absolute atomic E-state index is 12.5. The van der Waals surface area contributed by atoms with Crippen LogP contribution in [-0.2, 0) is 16.6 Å². The van der Waals surface area contributed by atoms with Gasteiger partial charge in [-0.25, -0.2) is 8.42 Å². The van der Waals surface area contributed by atoms with Gasteiger partial charge < -0.3 is 4.90 Å². The van der Waals surface area contributed by atoms with Crippen molar-refractivity contribution in [2.24, 2.45) is 0 Å². The first kappa shape index (κ1) is 19.8. The van der Waals surface area contributed by atoms with Crippen LogP contribution in [0.2, 0.25) is 0 Å². The van der Waals surface area contributed by atoms with Gasteiger partial charge in [-0.2, -0.15) is 0 Å². The highest BCUT2D eigenvalue weighted by Gasteiger charge is 2.17. The number of nitrogens with zero attached hydrogens (tertiary/aromatic N) is 3. The zero-order valence-corrected chi connectivity index (χ0v) is 17.0. The molecule has 7 heteroatoms. The summed E-state index contributed by atoms with van der Waals surface area (Å²) in [7, 11) is -3.70. The second-order valence-electron chi connectivity index (χ2n) is 6.91. The lowest BCUT2D eigenvalue weighted by molar-refractivity contribution is 0.600. The number of hydrogen-bond acceptors (Lipinski definition) is 5. The first-order chi connectivity index (χ1) is 13.3. The second kappa shape index (κ2) is 8.39. The summed E-state index contributed by atoms with van der Waals surface area (Å²) in [4.78, 5) is 2.31. The van der Waals surface area contributed by atoms with Crippen molar-refractivity contribution in [2.45, 2.75) is 38.3 Å². The largest absolute Gasteiger partial charge is 0.348 e. The van der Waals surface area contributed by atoms with E-state index in [9.17, 15) is 8.42 Å². The number of rotatable bonds is 7. The third-order valence-electron chi connectivity index (χ3n) is 4.30. The van der Waals surface area contributed by atoms with Crippen LogP contribution in [0.15, 0.2) is 71.6 Å². The number of aromatic nitrogens is 2. The molecule has 146 valence electrons. The van der Waals surface area contributed by atoms with E-state index in [1.54, 1.807) is 30.3 Å². The Morgan fingerprint density at radius 2 is 1.71 bits per heavy atom. The normalized spacial score (nSPS) is 11.4. The molecule has 28 heavy (non-hydrogen) atoms. The molecule has 0 radical (unpaired) electrons. The molecule has 0 saturated carbocycles. The molecule has 0 aliphatic rings. The molecule has 0 amide bonds. The second-order valence-corrected chi connectivity index (χ2v) is 8.59. The number of benzene rings is 2. The van der Waals surface area contributed by atoms with Gasteiger partial charge in [-0.3, -0.25) is 4.72 Å². The lowest BCUT2D eigenvalue weighted by Crippen LogP contribution is -2.31. The fourth-order valence-electron chi connectivity index (χ4n) is 2.82. The van der Waals surface area contributed by atoms with Gasteiger partial charge in [-0.1, -0.05) is 42.5 Å². The van der Waals surface area contributed by atoms with Crippen LogP contribution in [-0.4, -0.2) is 24.7 Å². The monoisotopic (exact) mass is 396 g/mol. The molecular formula is C21H24N4O2S. The van der Waals surface area contributed by atoms with Gasteiger partial charge in [0.1, 0.15) is 0 Å². The SMILES string of the molecule is Cc1cccc(S(=O)(=O)Nc2ccc(N(Cc3ccccc3)C(C)C)nn2)c1. The Bertz CT molecular complexity index is 1020. The number of anilines is 2. The minimum atomic E-state index is -3.70. The molecule has 0 atom stereocenters. The Kier molecular flexibility index (Phi) is 5.94. The van der Waals surface area contributed by atoms with E-state index >= 15 is 0 Å². The van der Waals surface area contributed by atoms with Gasteiger partial charge in [0.05, 0.1) is 4.90 Å². The van der Waals surface area contributed by atoms with Crippen molar-refractivity contribution >= 4 is 21.7 Å². The highest BCUT2D eigenvalue weighted by Crippen LogP contribution is 2.20. The van der Waals surface area contributed by atoms with E-state index in [-0.39, 0.29) is 16.8 Å². The molecule has 0 spiro atoms. The van der Waals surface area contributed by atoms with Gasteiger partial charge in [0, 0.05) is 12.6 Å². The van der Waals surface area contributed by atoms with E-state index < -0.39 is 10.0 Å². The molecular weight excluding hydrogens is 372 g/mol. The van der Waals surface area contributed by atoms with Crippen LogP contribution < -0.4 is 9.62 Å². The van der Waals surface area contributed by atoms with E-state index in [4.69, 9.17) is 0 Å². The van der Waals surface area contributed by atoms with Crippen LogP contribution in [0, 0.1) is 6.92 Å². The molecule has 0 saturated heterocycles. The van der Waals surface area contributed by atoms with Gasteiger partial charge in [0.25, 0.3) is 10.0 Å². The van der Waals surface area contributed by atoms with Crippen LogP contribution in [0.1, 0.15) is 25.0 Å². The lowest BCUT2D eigenvalue weighted by Gasteiger charge is -2.27. The fourth-order valence-corrected chi connectivity index (χ4v) is 3.92. The number of hydrogen-bond donors (Lipinski definition) is 1. The fraction of sp³-hybridized carbons (Fsp3) is 0.238. The summed E-state index contributed by atoms with van der Waals surface area (Å²) in [5, 5.41) is 8.32. The van der Waals surface area contributed by atoms with E-state index in [2.05, 4.69) is 45.8 Å².